The summed E-state index contributed by atoms with van der Waals surface area (Å²) in [5.41, 5.74) is 1.69. The zero-order valence-electron chi connectivity index (χ0n) is 23.5. The topological polar surface area (TPSA) is 143 Å². The molecule has 4 amide bonds. The van der Waals surface area contributed by atoms with Crippen LogP contribution in [-0.4, -0.2) is 73.0 Å². The maximum Gasteiger partial charge on any atom is 0.407 e. The molecule has 11 nitrogen and oxygen atoms in total. The van der Waals surface area contributed by atoms with Gasteiger partial charge in [0.2, 0.25) is 17.7 Å². The predicted molar refractivity (Wildman–Crippen MR) is 150 cm³/mol. The number of nitrogens with zero attached hydrogens (tertiary/aromatic N) is 1. The average molecular weight is 567 g/mol. The molecular formula is C30H38N4O7. The summed E-state index contributed by atoms with van der Waals surface area (Å²) >= 11 is 0. The van der Waals surface area contributed by atoms with Gasteiger partial charge >= 0.3 is 12.1 Å². The Morgan fingerprint density at radius 2 is 1.59 bits per heavy atom. The fourth-order valence-corrected chi connectivity index (χ4v) is 4.72. The summed E-state index contributed by atoms with van der Waals surface area (Å²) < 4.78 is 10.1. The van der Waals surface area contributed by atoms with Crippen LogP contribution in [0.3, 0.4) is 0 Å². The van der Waals surface area contributed by atoms with E-state index in [0.29, 0.717) is 25.8 Å². The van der Waals surface area contributed by atoms with Gasteiger partial charge in [-0.05, 0) is 36.8 Å². The zero-order valence-corrected chi connectivity index (χ0v) is 23.5. The first-order valence-electron chi connectivity index (χ1n) is 13.7. The fourth-order valence-electron chi connectivity index (χ4n) is 4.72. The van der Waals surface area contributed by atoms with Crippen LogP contribution >= 0.6 is 0 Å². The van der Waals surface area contributed by atoms with Gasteiger partial charge in [0, 0.05) is 26.4 Å². The molecule has 3 atom stereocenters. The van der Waals surface area contributed by atoms with Gasteiger partial charge in [0.15, 0.2) is 0 Å². The molecule has 3 N–H and O–H groups in total. The molecule has 1 aliphatic rings. The van der Waals surface area contributed by atoms with Crippen molar-refractivity contribution in [1.29, 1.82) is 0 Å². The normalized spacial score (nSPS) is 15.8. The molecule has 2 aromatic rings. The average Bonchev–Trinajstić information content (AvgIpc) is 3.47. The molecular weight excluding hydrogens is 528 g/mol. The third-order valence-corrected chi connectivity index (χ3v) is 6.75. The van der Waals surface area contributed by atoms with Crippen molar-refractivity contribution in [1.82, 2.24) is 20.9 Å². The number of methoxy groups -OCH3 is 1. The van der Waals surface area contributed by atoms with E-state index in [2.05, 4.69) is 16.0 Å². The van der Waals surface area contributed by atoms with E-state index in [4.69, 9.17) is 9.47 Å². The molecule has 220 valence electrons. The highest BCUT2D eigenvalue weighted by molar-refractivity contribution is 5.93. The van der Waals surface area contributed by atoms with E-state index in [9.17, 15) is 24.0 Å². The Kier molecular flexibility index (Phi) is 12.1. The van der Waals surface area contributed by atoms with Crippen molar-refractivity contribution in [2.24, 2.45) is 0 Å². The van der Waals surface area contributed by atoms with Crippen LogP contribution < -0.4 is 16.0 Å². The molecule has 41 heavy (non-hydrogen) atoms. The monoisotopic (exact) mass is 566 g/mol. The predicted octanol–water partition coefficient (Wildman–Crippen LogP) is 2.09. The minimum atomic E-state index is -0.984. The number of esters is 1. The number of hydrogen-bond donors (Lipinski definition) is 3. The van der Waals surface area contributed by atoms with E-state index in [1.165, 1.54) is 18.9 Å². The quantitative estimate of drug-likeness (QED) is 0.249. The number of ether oxygens (including phenoxy) is 2. The van der Waals surface area contributed by atoms with Gasteiger partial charge in [-0.1, -0.05) is 60.7 Å². The maximum atomic E-state index is 13.6. The number of carbonyl (C=O) groups excluding carboxylic acids is 5. The minimum Gasteiger partial charge on any atom is -0.467 e. The standard InChI is InChI=1S/C30H38N4O7/c1-21(35)32-25(19-22-11-5-3-6-12-22)27(36)33-24(28(37)34-18-10-16-26(34)29(38)40-2)15-9-17-31-30(39)41-20-23-13-7-4-8-14-23/h3-8,11-14,24-26H,9-10,15-20H2,1-2H3,(H,31,39)(H,32,35)(H,33,36)/t24-,25-,26-/m0/s1. The molecule has 0 unspecified atom stereocenters. The van der Waals surface area contributed by atoms with Crippen LogP contribution in [0.5, 0.6) is 0 Å². The van der Waals surface area contributed by atoms with Crippen molar-refractivity contribution >= 4 is 29.8 Å². The summed E-state index contributed by atoms with van der Waals surface area (Å²) in [6.07, 6.45) is 1.26. The smallest absolute Gasteiger partial charge is 0.407 e. The van der Waals surface area contributed by atoms with Crippen LogP contribution in [0.4, 0.5) is 4.79 Å². The number of nitrogens with one attached hydrogen (secondary N) is 3. The molecule has 0 saturated carbocycles. The maximum absolute atomic E-state index is 13.6. The molecule has 1 aliphatic heterocycles. The molecule has 11 heteroatoms. The highest BCUT2D eigenvalue weighted by atomic mass is 16.5. The lowest BCUT2D eigenvalue weighted by Crippen LogP contribution is -2.56. The molecule has 0 spiro atoms. The van der Waals surface area contributed by atoms with E-state index >= 15 is 0 Å². The SMILES string of the molecule is COC(=O)[C@@H]1CCCN1C(=O)[C@H](CCCNC(=O)OCc1ccccc1)NC(=O)[C@H](Cc1ccccc1)NC(C)=O. The Labute approximate surface area is 239 Å². The molecule has 1 fully saturated rings. The van der Waals surface area contributed by atoms with E-state index in [-0.39, 0.29) is 31.9 Å². The minimum absolute atomic E-state index is 0.125. The molecule has 3 rings (SSSR count). The van der Waals surface area contributed by atoms with Gasteiger partial charge in [0.1, 0.15) is 24.7 Å². The Bertz CT molecular complexity index is 1180. The number of hydrogen-bond acceptors (Lipinski definition) is 7. The van der Waals surface area contributed by atoms with Crippen molar-refractivity contribution in [3.05, 3.63) is 71.8 Å². The Morgan fingerprint density at radius 1 is 0.927 bits per heavy atom. The second kappa shape index (κ2) is 16.0. The summed E-state index contributed by atoms with van der Waals surface area (Å²) in [6.45, 7) is 2.00. The van der Waals surface area contributed by atoms with E-state index in [1.807, 2.05) is 60.7 Å². The summed E-state index contributed by atoms with van der Waals surface area (Å²) in [5, 5.41) is 8.11. The number of alkyl carbamates (subject to hydrolysis) is 1. The molecule has 0 aromatic heterocycles. The van der Waals surface area contributed by atoms with Gasteiger partial charge in [-0.2, -0.15) is 0 Å². The fraction of sp³-hybridized carbons (Fsp3) is 0.433. The zero-order chi connectivity index (χ0) is 29.6. The lowest BCUT2D eigenvalue weighted by Gasteiger charge is -2.29. The van der Waals surface area contributed by atoms with Gasteiger partial charge in [-0.25, -0.2) is 9.59 Å². The second-order valence-electron chi connectivity index (χ2n) is 9.85. The summed E-state index contributed by atoms with van der Waals surface area (Å²) in [6, 6.07) is 15.9. The van der Waals surface area contributed by atoms with Crippen LogP contribution in [0.2, 0.25) is 0 Å². The molecule has 0 aliphatic carbocycles. The number of amides is 4. The number of rotatable bonds is 13. The lowest BCUT2D eigenvalue weighted by atomic mass is 10.0. The first kappa shape index (κ1) is 31.1. The second-order valence-corrected chi connectivity index (χ2v) is 9.85. The molecule has 1 heterocycles. The Hall–Kier alpha value is -4.41. The first-order chi connectivity index (χ1) is 19.8. The third kappa shape index (κ3) is 9.93. The summed E-state index contributed by atoms with van der Waals surface area (Å²) in [5.74, 6) is -1.83. The van der Waals surface area contributed by atoms with Crippen LogP contribution in [0.15, 0.2) is 60.7 Å². The van der Waals surface area contributed by atoms with E-state index < -0.39 is 42.0 Å². The van der Waals surface area contributed by atoms with Crippen molar-refractivity contribution in [3.63, 3.8) is 0 Å². The number of likely N-dealkylation sites (tertiary alicyclic amines) is 1. The molecule has 0 radical (unpaired) electrons. The van der Waals surface area contributed by atoms with Crippen molar-refractivity contribution in [2.45, 2.75) is 63.8 Å². The summed E-state index contributed by atoms with van der Waals surface area (Å²) in [4.78, 5) is 64.7. The van der Waals surface area contributed by atoms with Gasteiger partial charge < -0.3 is 30.3 Å². The highest BCUT2D eigenvalue weighted by Gasteiger charge is 2.38. The van der Waals surface area contributed by atoms with Crippen LogP contribution in [-0.2, 0) is 41.7 Å². The molecule has 0 bridgehead atoms. The highest BCUT2D eigenvalue weighted by Crippen LogP contribution is 2.20. The number of carbonyl (C=O) groups is 5. The van der Waals surface area contributed by atoms with Crippen molar-refractivity contribution in [2.75, 3.05) is 20.2 Å². The van der Waals surface area contributed by atoms with Crippen molar-refractivity contribution in [3.8, 4) is 0 Å². The van der Waals surface area contributed by atoms with Crippen LogP contribution in [0, 0.1) is 0 Å². The number of benzene rings is 2. The van der Waals surface area contributed by atoms with Crippen LogP contribution in [0.25, 0.3) is 0 Å². The Morgan fingerprint density at radius 3 is 2.22 bits per heavy atom. The van der Waals surface area contributed by atoms with Crippen molar-refractivity contribution < 1.29 is 33.4 Å². The lowest BCUT2D eigenvalue weighted by molar-refractivity contribution is -0.152. The first-order valence-corrected chi connectivity index (χ1v) is 13.7. The molecule has 1 saturated heterocycles. The van der Waals surface area contributed by atoms with Gasteiger partial charge in [-0.3, -0.25) is 14.4 Å². The third-order valence-electron chi connectivity index (χ3n) is 6.75. The van der Waals surface area contributed by atoms with Gasteiger partial charge in [-0.15, -0.1) is 0 Å². The van der Waals surface area contributed by atoms with Crippen LogP contribution in [0.1, 0.15) is 43.7 Å². The van der Waals surface area contributed by atoms with E-state index in [0.717, 1.165) is 11.1 Å². The largest absolute Gasteiger partial charge is 0.467 e. The molecule has 2 aromatic carbocycles. The summed E-state index contributed by atoms with van der Waals surface area (Å²) in [7, 11) is 1.27. The van der Waals surface area contributed by atoms with Gasteiger partial charge in [0.25, 0.3) is 0 Å². The Balaban J connectivity index is 1.65. The van der Waals surface area contributed by atoms with Gasteiger partial charge in [0.05, 0.1) is 7.11 Å². The van der Waals surface area contributed by atoms with E-state index in [1.54, 1.807) is 0 Å².